The van der Waals surface area contributed by atoms with Crippen molar-refractivity contribution in [1.82, 2.24) is 5.32 Å². The average Bonchev–Trinajstić information content (AvgIpc) is 2.58. The Hall–Kier alpha value is -3.06. The Labute approximate surface area is 135 Å². The molecule has 1 amide bonds. The number of carbonyl (C=O) groups excluding carboxylic acids is 2. The fourth-order valence-corrected chi connectivity index (χ4v) is 1.82. The van der Waals surface area contributed by atoms with E-state index in [1.54, 1.807) is 24.3 Å². The van der Waals surface area contributed by atoms with Gasteiger partial charge in [-0.1, -0.05) is 42.2 Å². The number of hydrogen-bond acceptors (Lipinski definition) is 3. The highest BCUT2D eigenvalue weighted by Crippen LogP contribution is 2.13. The van der Waals surface area contributed by atoms with E-state index in [9.17, 15) is 9.59 Å². The highest BCUT2D eigenvalue weighted by atomic mass is 16.5. The van der Waals surface area contributed by atoms with Gasteiger partial charge in [-0.2, -0.15) is 0 Å². The van der Waals surface area contributed by atoms with Crippen LogP contribution in [0.5, 0.6) is 5.75 Å². The van der Waals surface area contributed by atoms with Gasteiger partial charge in [0.1, 0.15) is 5.75 Å². The van der Waals surface area contributed by atoms with Crippen molar-refractivity contribution < 1.29 is 14.3 Å². The van der Waals surface area contributed by atoms with Gasteiger partial charge in [-0.05, 0) is 31.2 Å². The van der Waals surface area contributed by atoms with Gasteiger partial charge in [-0.3, -0.25) is 9.59 Å². The first-order valence-electron chi connectivity index (χ1n) is 7.19. The Balaban J connectivity index is 1.76. The van der Waals surface area contributed by atoms with Gasteiger partial charge in [0.05, 0.1) is 6.54 Å². The largest absolute Gasteiger partial charge is 0.484 e. The second kappa shape index (κ2) is 8.40. The van der Waals surface area contributed by atoms with Gasteiger partial charge in [-0.15, -0.1) is 0 Å². The third-order valence-electron chi connectivity index (χ3n) is 2.99. The molecule has 0 aromatic heterocycles. The van der Waals surface area contributed by atoms with Gasteiger partial charge >= 0.3 is 0 Å². The summed E-state index contributed by atoms with van der Waals surface area (Å²) in [4.78, 5) is 23.0. The zero-order chi connectivity index (χ0) is 16.5. The minimum Gasteiger partial charge on any atom is -0.484 e. The lowest BCUT2D eigenvalue weighted by Crippen LogP contribution is -2.29. The first-order chi connectivity index (χ1) is 11.1. The Morgan fingerprint density at radius 2 is 1.87 bits per heavy atom. The van der Waals surface area contributed by atoms with Crippen LogP contribution < -0.4 is 10.1 Å². The second-order valence-corrected chi connectivity index (χ2v) is 4.82. The normalized spacial score (nSPS) is 9.43. The molecule has 0 atom stereocenters. The van der Waals surface area contributed by atoms with Crippen molar-refractivity contribution in [3.05, 3.63) is 65.7 Å². The molecule has 23 heavy (non-hydrogen) atoms. The summed E-state index contributed by atoms with van der Waals surface area (Å²) in [6.45, 7) is 1.62. The lowest BCUT2D eigenvalue weighted by atomic mass is 10.1. The molecule has 0 saturated carbocycles. The number of amides is 1. The number of hydrogen-bond donors (Lipinski definition) is 1. The molecular weight excluding hydrogens is 290 g/mol. The van der Waals surface area contributed by atoms with Crippen molar-refractivity contribution in [3.8, 4) is 17.6 Å². The number of ketones is 1. The molecule has 0 spiro atoms. The lowest BCUT2D eigenvalue weighted by Gasteiger charge is -2.06. The number of carbonyl (C=O) groups is 2. The van der Waals surface area contributed by atoms with Gasteiger partial charge in [0.25, 0.3) is 5.91 Å². The Bertz CT molecular complexity index is 742. The Kier molecular flexibility index (Phi) is 5.96. The molecule has 2 aromatic carbocycles. The van der Waals surface area contributed by atoms with Crippen LogP contribution in [-0.4, -0.2) is 24.8 Å². The molecular formula is C19H17NO3. The number of benzene rings is 2. The molecule has 0 unspecified atom stereocenters. The van der Waals surface area contributed by atoms with Crippen LogP contribution in [0, 0.1) is 11.8 Å². The predicted molar refractivity (Wildman–Crippen MR) is 88.3 cm³/mol. The highest BCUT2D eigenvalue weighted by molar-refractivity contribution is 5.94. The summed E-state index contributed by atoms with van der Waals surface area (Å²) < 4.78 is 5.36. The molecule has 2 aromatic rings. The van der Waals surface area contributed by atoms with E-state index in [0.29, 0.717) is 11.3 Å². The topological polar surface area (TPSA) is 55.4 Å². The fraction of sp³-hybridized carbons (Fsp3) is 0.158. The maximum Gasteiger partial charge on any atom is 0.258 e. The molecule has 0 aliphatic rings. The van der Waals surface area contributed by atoms with E-state index in [4.69, 9.17) is 4.74 Å². The molecule has 116 valence electrons. The monoisotopic (exact) mass is 307 g/mol. The smallest absolute Gasteiger partial charge is 0.258 e. The molecule has 0 aliphatic carbocycles. The summed E-state index contributed by atoms with van der Waals surface area (Å²) in [6.07, 6.45) is 0. The molecule has 0 saturated heterocycles. The van der Waals surface area contributed by atoms with Crippen LogP contribution in [0.3, 0.4) is 0 Å². The van der Waals surface area contributed by atoms with E-state index in [0.717, 1.165) is 5.56 Å². The fourth-order valence-electron chi connectivity index (χ4n) is 1.82. The molecule has 1 N–H and O–H groups in total. The summed E-state index contributed by atoms with van der Waals surface area (Å²) in [7, 11) is 0. The maximum atomic E-state index is 11.7. The summed E-state index contributed by atoms with van der Waals surface area (Å²) in [6, 6.07) is 16.3. The van der Waals surface area contributed by atoms with Gasteiger partial charge in [0.15, 0.2) is 12.4 Å². The van der Waals surface area contributed by atoms with E-state index < -0.39 is 0 Å². The molecule has 0 radical (unpaired) electrons. The van der Waals surface area contributed by atoms with E-state index in [-0.39, 0.29) is 24.8 Å². The second-order valence-electron chi connectivity index (χ2n) is 4.82. The van der Waals surface area contributed by atoms with Gasteiger partial charge in [0.2, 0.25) is 0 Å². The highest BCUT2D eigenvalue weighted by Gasteiger charge is 2.04. The number of ether oxygens (including phenoxy) is 1. The van der Waals surface area contributed by atoms with E-state index in [2.05, 4.69) is 17.2 Å². The van der Waals surface area contributed by atoms with Crippen LogP contribution >= 0.6 is 0 Å². The Morgan fingerprint density at radius 3 is 2.61 bits per heavy atom. The molecule has 2 rings (SSSR count). The van der Waals surface area contributed by atoms with Gasteiger partial charge in [-0.25, -0.2) is 0 Å². The van der Waals surface area contributed by atoms with Crippen molar-refractivity contribution in [2.75, 3.05) is 13.2 Å². The van der Waals surface area contributed by atoms with Crippen LogP contribution in [0.15, 0.2) is 54.6 Å². The van der Waals surface area contributed by atoms with Crippen molar-refractivity contribution in [1.29, 1.82) is 0 Å². The summed E-state index contributed by atoms with van der Waals surface area (Å²) in [5.41, 5.74) is 1.45. The van der Waals surface area contributed by atoms with E-state index in [1.165, 1.54) is 6.92 Å². The number of nitrogens with one attached hydrogen (secondary N) is 1. The third-order valence-corrected chi connectivity index (χ3v) is 2.99. The van der Waals surface area contributed by atoms with Crippen molar-refractivity contribution >= 4 is 11.7 Å². The van der Waals surface area contributed by atoms with E-state index in [1.807, 2.05) is 30.3 Å². The minimum absolute atomic E-state index is 0.0453. The maximum absolute atomic E-state index is 11.7. The molecule has 4 heteroatoms. The summed E-state index contributed by atoms with van der Waals surface area (Å²) in [5, 5.41) is 2.66. The first kappa shape index (κ1) is 16.3. The van der Waals surface area contributed by atoms with Crippen LogP contribution in [0.1, 0.15) is 22.8 Å². The molecule has 0 bridgehead atoms. The van der Waals surface area contributed by atoms with Gasteiger partial charge in [0, 0.05) is 11.1 Å². The number of rotatable bonds is 5. The third kappa shape index (κ3) is 5.68. The minimum atomic E-state index is -0.263. The molecule has 0 heterocycles. The zero-order valence-electron chi connectivity index (χ0n) is 12.8. The standard InChI is InChI=1S/C19H17NO3/c1-15(21)17-10-5-11-18(13-17)23-14-19(22)20-12-6-9-16-7-3-2-4-8-16/h2-5,7-8,10-11,13H,12,14H2,1H3,(H,20,22). The summed E-state index contributed by atoms with van der Waals surface area (Å²) in [5.74, 6) is 6.00. The Morgan fingerprint density at radius 1 is 1.09 bits per heavy atom. The molecule has 0 aliphatic heterocycles. The molecule has 4 nitrogen and oxygen atoms in total. The van der Waals surface area contributed by atoms with Crippen LogP contribution in [0.4, 0.5) is 0 Å². The zero-order valence-corrected chi connectivity index (χ0v) is 12.8. The van der Waals surface area contributed by atoms with Crippen LogP contribution in [-0.2, 0) is 4.79 Å². The van der Waals surface area contributed by atoms with Crippen molar-refractivity contribution in [2.24, 2.45) is 0 Å². The average molecular weight is 307 g/mol. The lowest BCUT2D eigenvalue weighted by molar-refractivity contribution is -0.122. The van der Waals surface area contributed by atoms with E-state index >= 15 is 0 Å². The van der Waals surface area contributed by atoms with Crippen LogP contribution in [0.25, 0.3) is 0 Å². The van der Waals surface area contributed by atoms with Crippen LogP contribution in [0.2, 0.25) is 0 Å². The van der Waals surface area contributed by atoms with Crippen molar-refractivity contribution in [2.45, 2.75) is 6.92 Å². The summed E-state index contributed by atoms with van der Waals surface area (Å²) >= 11 is 0. The van der Waals surface area contributed by atoms with Crippen molar-refractivity contribution in [3.63, 3.8) is 0 Å². The predicted octanol–water partition coefficient (Wildman–Crippen LogP) is 2.44. The van der Waals surface area contributed by atoms with Gasteiger partial charge < -0.3 is 10.1 Å². The number of Topliss-reactive ketones (excluding diaryl/α,β-unsaturated/α-hetero) is 1. The first-order valence-corrected chi connectivity index (χ1v) is 7.19. The molecule has 0 fully saturated rings. The SMILES string of the molecule is CC(=O)c1cccc(OCC(=O)NCC#Cc2ccccc2)c1. The quantitative estimate of drug-likeness (QED) is 0.682.